The molecular weight excluding hydrogens is 598 g/mol. The smallest absolute Gasteiger partial charge is 0.243 e. The Hall–Kier alpha value is -4.28. The summed E-state index contributed by atoms with van der Waals surface area (Å²) in [5, 5.41) is 21.2. The summed E-state index contributed by atoms with van der Waals surface area (Å²) in [5.74, 6) is -2.45. The maximum Gasteiger partial charge on any atom is 0.243 e. The Kier molecular flexibility index (Phi) is 15.7. The van der Waals surface area contributed by atoms with Crippen LogP contribution in [0.4, 0.5) is 0 Å². The van der Waals surface area contributed by atoms with Crippen molar-refractivity contribution in [3.8, 4) is 0 Å². The number of guanidine groups is 1. The number of nitrogens with one attached hydrogen (secondary N) is 7. The highest BCUT2D eigenvalue weighted by Crippen LogP contribution is 2.09. The molecule has 0 saturated carbocycles. The Balaban J connectivity index is 2.25. The lowest BCUT2D eigenvalue weighted by Gasteiger charge is -2.26. The maximum atomic E-state index is 13.8. The number of aromatic amines is 1. The normalized spacial score (nSPS) is 13.6. The fourth-order valence-electron chi connectivity index (χ4n) is 4.67. The van der Waals surface area contributed by atoms with Crippen LogP contribution >= 0.6 is 12.2 Å². The number of rotatable bonds is 20. The Morgan fingerprint density at radius 2 is 1.49 bits per heavy atom. The first-order valence-corrected chi connectivity index (χ1v) is 15.3. The van der Waals surface area contributed by atoms with Crippen molar-refractivity contribution in [1.29, 1.82) is 5.41 Å². The van der Waals surface area contributed by atoms with E-state index >= 15 is 0 Å². The summed E-state index contributed by atoms with van der Waals surface area (Å²) in [5.41, 5.74) is 18.1. The number of unbranched alkanes of at least 4 members (excludes halogenated alkanes) is 1. The van der Waals surface area contributed by atoms with E-state index in [4.69, 9.17) is 34.8 Å². The van der Waals surface area contributed by atoms with Gasteiger partial charge in [0.25, 0.3) is 0 Å². The summed E-state index contributed by atoms with van der Waals surface area (Å²) in [6.45, 7) is 0.807. The zero-order valence-electron chi connectivity index (χ0n) is 25.9. The van der Waals surface area contributed by atoms with E-state index < -0.39 is 47.8 Å². The van der Waals surface area contributed by atoms with E-state index in [1.807, 2.05) is 30.3 Å². The molecule has 16 heteroatoms. The lowest BCUT2D eigenvalue weighted by molar-refractivity contribution is -0.133. The van der Waals surface area contributed by atoms with E-state index in [0.717, 1.165) is 5.56 Å². The van der Waals surface area contributed by atoms with E-state index in [1.54, 1.807) is 24.9 Å². The molecule has 2 aromatic rings. The van der Waals surface area contributed by atoms with E-state index in [0.29, 0.717) is 49.2 Å². The molecule has 248 valence electrons. The molecule has 2 rings (SSSR count). The molecule has 0 aliphatic heterocycles. The number of carbonyl (C=O) groups excluding carboxylic acids is 4. The average molecular weight is 646 g/mol. The van der Waals surface area contributed by atoms with Crippen LogP contribution in [0, 0.1) is 10.2 Å². The van der Waals surface area contributed by atoms with Gasteiger partial charge in [-0.25, -0.2) is 0 Å². The van der Waals surface area contributed by atoms with Gasteiger partial charge in [0, 0.05) is 38.3 Å². The highest BCUT2D eigenvalue weighted by Gasteiger charge is 2.31. The molecule has 1 aromatic heterocycles. The van der Waals surface area contributed by atoms with Crippen LogP contribution in [0.1, 0.15) is 43.4 Å². The minimum absolute atomic E-state index is 0.0819. The molecule has 1 aromatic carbocycles. The van der Waals surface area contributed by atoms with Gasteiger partial charge < -0.3 is 53.3 Å². The number of primary amides is 1. The number of amides is 4. The first-order valence-electron chi connectivity index (χ1n) is 14.9. The van der Waals surface area contributed by atoms with Gasteiger partial charge in [0.1, 0.15) is 18.1 Å². The summed E-state index contributed by atoms with van der Waals surface area (Å²) >= 11 is 5.27. The second-order valence-corrected chi connectivity index (χ2v) is 11.1. The summed E-state index contributed by atoms with van der Waals surface area (Å²) in [6.07, 6.45) is 4.27. The third-order valence-corrected chi connectivity index (χ3v) is 7.71. The van der Waals surface area contributed by atoms with E-state index in [1.165, 1.54) is 0 Å². The van der Waals surface area contributed by atoms with Crippen LogP contribution in [0.3, 0.4) is 0 Å². The van der Waals surface area contributed by atoms with E-state index in [-0.39, 0.29) is 25.2 Å². The van der Waals surface area contributed by atoms with Crippen molar-refractivity contribution in [1.82, 2.24) is 36.1 Å². The van der Waals surface area contributed by atoms with Crippen molar-refractivity contribution in [2.24, 2.45) is 24.2 Å². The van der Waals surface area contributed by atoms with Gasteiger partial charge in [-0.05, 0) is 63.5 Å². The summed E-state index contributed by atoms with van der Waals surface area (Å²) in [7, 11) is 3.37. The number of imidazole rings is 1. The molecule has 0 spiro atoms. The van der Waals surface area contributed by atoms with E-state index in [2.05, 4.69) is 31.6 Å². The molecule has 0 saturated heterocycles. The number of nitrogens with two attached hydrogens (primary N) is 3. The fraction of sp³-hybridized carbons (Fsp3) is 0.517. The van der Waals surface area contributed by atoms with Crippen LogP contribution in [0.25, 0.3) is 0 Å². The number of carbonyl (C=O) groups is 4. The van der Waals surface area contributed by atoms with Crippen molar-refractivity contribution in [2.45, 2.75) is 69.1 Å². The van der Waals surface area contributed by atoms with Crippen LogP contribution in [0.15, 0.2) is 36.5 Å². The van der Waals surface area contributed by atoms with Crippen LogP contribution in [-0.4, -0.2) is 83.4 Å². The highest BCUT2D eigenvalue weighted by molar-refractivity contribution is 7.71. The SMILES string of the molecule is CNC(CCCNC(=N)N)C(=O)N[C@@H](Cc1c[nH]c(=S)n1C)C(=O)N[C@@H](CCCCN)C(=O)N[C@@H](Cc1ccccc1)C(N)=O. The molecule has 1 unspecified atom stereocenters. The summed E-state index contributed by atoms with van der Waals surface area (Å²) in [4.78, 5) is 55.7. The van der Waals surface area contributed by atoms with Crippen molar-refractivity contribution >= 4 is 41.8 Å². The van der Waals surface area contributed by atoms with Crippen molar-refractivity contribution in [3.63, 3.8) is 0 Å². The topological polar surface area (TPSA) is 251 Å². The molecule has 0 fully saturated rings. The Labute approximate surface area is 268 Å². The van der Waals surface area contributed by atoms with E-state index in [9.17, 15) is 19.2 Å². The molecule has 4 atom stereocenters. The highest BCUT2D eigenvalue weighted by atomic mass is 32.1. The summed E-state index contributed by atoms with van der Waals surface area (Å²) < 4.78 is 2.13. The molecule has 13 N–H and O–H groups in total. The number of likely N-dealkylation sites (N-methyl/N-ethyl adjacent to an activating group) is 1. The fourth-order valence-corrected chi connectivity index (χ4v) is 4.85. The third kappa shape index (κ3) is 12.7. The molecule has 1 heterocycles. The quantitative estimate of drug-likeness (QED) is 0.0358. The van der Waals surface area contributed by atoms with Crippen LogP contribution in [0.5, 0.6) is 0 Å². The number of aromatic nitrogens is 2. The largest absolute Gasteiger partial charge is 0.370 e. The Bertz CT molecular complexity index is 1330. The van der Waals surface area contributed by atoms with Crippen molar-refractivity contribution in [2.75, 3.05) is 20.1 Å². The van der Waals surface area contributed by atoms with Gasteiger partial charge >= 0.3 is 0 Å². The van der Waals surface area contributed by atoms with Gasteiger partial charge in [0.2, 0.25) is 23.6 Å². The number of H-pyrrole nitrogens is 1. The molecule has 15 nitrogen and oxygen atoms in total. The average Bonchev–Trinajstić information content (AvgIpc) is 3.32. The van der Waals surface area contributed by atoms with Crippen LogP contribution in [-0.2, 0) is 39.1 Å². The summed E-state index contributed by atoms with van der Waals surface area (Å²) in [6, 6.07) is 5.40. The van der Waals surface area contributed by atoms with Gasteiger partial charge in [-0.3, -0.25) is 24.6 Å². The number of benzene rings is 1. The lowest BCUT2D eigenvalue weighted by Crippen LogP contribution is -2.58. The molecular formula is C29H47N11O4S. The molecule has 0 aliphatic carbocycles. The third-order valence-electron chi connectivity index (χ3n) is 7.32. The zero-order valence-corrected chi connectivity index (χ0v) is 26.7. The van der Waals surface area contributed by atoms with Gasteiger partial charge in [-0.1, -0.05) is 30.3 Å². The number of hydrogen-bond acceptors (Lipinski definition) is 8. The minimum Gasteiger partial charge on any atom is -0.370 e. The Morgan fingerprint density at radius 1 is 0.889 bits per heavy atom. The number of hydrogen-bond donors (Lipinski definition) is 10. The monoisotopic (exact) mass is 645 g/mol. The van der Waals surface area contributed by atoms with Crippen LogP contribution < -0.4 is 43.8 Å². The maximum absolute atomic E-state index is 13.8. The van der Waals surface area contributed by atoms with Gasteiger partial charge in [0.05, 0.1) is 6.04 Å². The predicted octanol–water partition coefficient (Wildman–Crippen LogP) is -1.21. The second kappa shape index (κ2) is 19.2. The first kappa shape index (κ1) is 36.9. The van der Waals surface area contributed by atoms with Gasteiger partial charge in [0.15, 0.2) is 10.7 Å². The molecule has 45 heavy (non-hydrogen) atoms. The standard InChI is InChI=1S/C29H47N11O4S/c1-34-20(12-8-14-35-28(32)33)25(42)39-23(16-19-17-36-29(45)40(19)2)27(44)37-21(11-6-7-13-30)26(43)38-22(24(31)41)15-18-9-4-3-5-10-18/h3-5,9-10,17,20-23,34H,6-8,11-16,30H2,1-2H3,(H2,31,41)(H,36,45)(H,37,44)(H,38,43)(H,39,42)(H4,32,33,35)/t20?,21-,22-,23-/m0/s1. The minimum atomic E-state index is -1.07. The van der Waals surface area contributed by atoms with Gasteiger partial charge in [-0.2, -0.15) is 0 Å². The number of nitrogens with zero attached hydrogens (tertiary/aromatic N) is 1. The molecule has 0 radical (unpaired) electrons. The van der Waals surface area contributed by atoms with Crippen molar-refractivity contribution < 1.29 is 19.2 Å². The second-order valence-electron chi connectivity index (χ2n) is 10.7. The zero-order chi connectivity index (χ0) is 33.4. The van der Waals surface area contributed by atoms with Crippen LogP contribution in [0.2, 0.25) is 0 Å². The lowest BCUT2D eigenvalue weighted by atomic mass is 10.0. The van der Waals surface area contributed by atoms with Crippen molar-refractivity contribution in [3.05, 3.63) is 52.6 Å². The van der Waals surface area contributed by atoms with Gasteiger partial charge in [-0.15, -0.1) is 0 Å². The molecule has 0 aliphatic rings. The first-order chi connectivity index (χ1) is 21.5. The predicted molar refractivity (Wildman–Crippen MR) is 174 cm³/mol. The Morgan fingerprint density at radius 3 is 2.07 bits per heavy atom. The molecule has 4 amide bonds. The molecule has 0 bridgehead atoms.